The molecule has 1 N–H and O–H groups in total. The number of likely N-dealkylation sites (N-methyl/N-ethyl adjacent to an activating group) is 1. The van der Waals surface area contributed by atoms with E-state index in [2.05, 4.69) is 31.0 Å². The molecule has 0 aromatic carbocycles. The molecule has 1 saturated carbocycles. The van der Waals surface area contributed by atoms with E-state index in [0.717, 1.165) is 39.1 Å². The van der Waals surface area contributed by atoms with Gasteiger partial charge >= 0.3 is 0 Å². The molecule has 0 aromatic heterocycles. The molecule has 20 heavy (non-hydrogen) atoms. The summed E-state index contributed by atoms with van der Waals surface area (Å²) in [5.74, 6) is 0.560. The predicted molar refractivity (Wildman–Crippen MR) is 78.1 cm³/mol. The van der Waals surface area contributed by atoms with E-state index < -0.39 is 0 Å². The largest absolute Gasteiger partial charge is 0.356 e. The van der Waals surface area contributed by atoms with Gasteiger partial charge in [-0.25, -0.2) is 0 Å². The molecule has 5 heteroatoms. The van der Waals surface area contributed by atoms with Crippen LogP contribution in [0.2, 0.25) is 0 Å². The quantitative estimate of drug-likeness (QED) is 0.801. The fourth-order valence-electron chi connectivity index (χ4n) is 2.71. The second-order valence-corrected chi connectivity index (χ2v) is 6.35. The zero-order valence-corrected chi connectivity index (χ0v) is 12.9. The van der Waals surface area contributed by atoms with Gasteiger partial charge in [0.1, 0.15) is 0 Å². The summed E-state index contributed by atoms with van der Waals surface area (Å²) in [5.41, 5.74) is 0. The molecule has 0 spiro atoms. The van der Waals surface area contributed by atoms with E-state index in [4.69, 9.17) is 0 Å². The normalized spacial score (nSPS) is 26.7. The minimum absolute atomic E-state index is 0.0595. The van der Waals surface area contributed by atoms with Crippen LogP contribution in [0.25, 0.3) is 0 Å². The Morgan fingerprint density at radius 1 is 1.15 bits per heavy atom. The number of amides is 2. The third-order valence-electron chi connectivity index (χ3n) is 4.26. The summed E-state index contributed by atoms with van der Waals surface area (Å²) in [6, 6.07) is 0. The molecular formula is C15H27N3O2. The number of piperazine rings is 1. The van der Waals surface area contributed by atoms with Crippen molar-refractivity contribution in [2.75, 3.05) is 39.3 Å². The fraction of sp³-hybridized carbons (Fsp3) is 0.867. The number of carbonyl (C=O) groups is 2. The van der Waals surface area contributed by atoms with Crippen molar-refractivity contribution in [2.24, 2.45) is 17.8 Å². The summed E-state index contributed by atoms with van der Waals surface area (Å²) in [6.07, 6.45) is 0.733. The first-order chi connectivity index (χ1) is 9.52. The molecule has 2 fully saturated rings. The SMILES string of the molecule is CCN1CCN(C(=O)C2CC2C(=O)NCC(C)C)CC1. The van der Waals surface area contributed by atoms with Crippen molar-refractivity contribution in [1.29, 1.82) is 0 Å². The van der Waals surface area contributed by atoms with Crippen LogP contribution in [-0.4, -0.2) is 60.9 Å². The van der Waals surface area contributed by atoms with Crippen LogP contribution in [0.4, 0.5) is 0 Å². The Kier molecular flexibility index (Phi) is 5.02. The van der Waals surface area contributed by atoms with Gasteiger partial charge in [0.2, 0.25) is 11.8 Å². The molecular weight excluding hydrogens is 254 g/mol. The number of rotatable bonds is 5. The van der Waals surface area contributed by atoms with E-state index in [1.54, 1.807) is 0 Å². The fourth-order valence-corrected chi connectivity index (χ4v) is 2.71. The van der Waals surface area contributed by atoms with Crippen molar-refractivity contribution in [2.45, 2.75) is 27.2 Å². The maximum atomic E-state index is 12.3. The van der Waals surface area contributed by atoms with Crippen molar-refractivity contribution in [3.8, 4) is 0 Å². The van der Waals surface area contributed by atoms with Crippen molar-refractivity contribution in [3.63, 3.8) is 0 Å². The molecule has 2 rings (SSSR count). The van der Waals surface area contributed by atoms with Gasteiger partial charge in [0.15, 0.2) is 0 Å². The zero-order valence-electron chi connectivity index (χ0n) is 12.9. The predicted octanol–water partition coefficient (Wildman–Crippen LogP) is 0.559. The Hall–Kier alpha value is -1.10. The molecule has 2 amide bonds. The van der Waals surface area contributed by atoms with Crippen molar-refractivity contribution < 1.29 is 9.59 Å². The van der Waals surface area contributed by atoms with Gasteiger partial charge in [-0.05, 0) is 18.9 Å². The lowest BCUT2D eigenvalue weighted by Crippen LogP contribution is -2.49. The first-order valence-corrected chi connectivity index (χ1v) is 7.81. The van der Waals surface area contributed by atoms with Crippen LogP contribution in [0.5, 0.6) is 0 Å². The summed E-state index contributed by atoms with van der Waals surface area (Å²) < 4.78 is 0. The molecule has 5 nitrogen and oxygen atoms in total. The Morgan fingerprint density at radius 3 is 2.35 bits per heavy atom. The molecule has 0 radical (unpaired) electrons. The van der Waals surface area contributed by atoms with Crippen molar-refractivity contribution in [1.82, 2.24) is 15.1 Å². The third kappa shape index (κ3) is 3.72. The van der Waals surface area contributed by atoms with Crippen molar-refractivity contribution in [3.05, 3.63) is 0 Å². The second-order valence-electron chi connectivity index (χ2n) is 6.35. The average Bonchev–Trinajstić information content (AvgIpc) is 3.24. The summed E-state index contributed by atoms with van der Waals surface area (Å²) in [7, 11) is 0. The Balaban J connectivity index is 1.74. The first-order valence-electron chi connectivity index (χ1n) is 7.81. The van der Waals surface area contributed by atoms with Gasteiger partial charge in [0.05, 0.1) is 11.8 Å². The Morgan fingerprint density at radius 2 is 1.80 bits per heavy atom. The highest BCUT2D eigenvalue weighted by atomic mass is 16.2. The van der Waals surface area contributed by atoms with Gasteiger partial charge in [0, 0.05) is 32.7 Å². The van der Waals surface area contributed by atoms with Gasteiger partial charge < -0.3 is 15.1 Å². The lowest BCUT2D eigenvalue weighted by Gasteiger charge is -2.34. The molecule has 2 unspecified atom stereocenters. The number of nitrogens with one attached hydrogen (secondary N) is 1. The van der Waals surface area contributed by atoms with Crippen LogP contribution in [0, 0.1) is 17.8 Å². The van der Waals surface area contributed by atoms with Gasteiger partial charge in [0.25, 0.3) is 0 Å². The summed E-state index contributed by atoms with van der Waals surface area (Å²) >= 11 is 0. The second kappa shape index (κ2) is 6.57. The van der Waals surface area contributed by atoms with Crippen molar-refractivity contribution >= 4 is 11.8 Å². The molecule has 2 aliphatic rings. The highest BCUT2D eigenvalue weighted by molar-refractivity contribution is 5.92. The zero-order chi connectivity index (χ0) is 14.7. The lowest BCUT2D eigenvalue weighted by molar-refractivity contribution is -0.136. The number of hydrogen-bond acceptors (Lipinski definition) is 3. The van der Waals surface area contributed by atoms with Gasteiger partial charge in [-0.15, -0.1) is 0 Å². The molecule has 0 aromatic rings. The molecule has 0 bridgehead atoms. The Labute approximate surface area is 121 Å². The van der Waals surface area contributed by atoms with Gasteiger partial charge in [-0.1, -0.05) is 20.8 Å². The monoisotopic (exact) mass is 281 g/mol. The minimum atomic E-state index is -0.0783. The molecule has 1 saturated heterocycles. The van der Waals surface area contributed by atoms with Crippen LogP contribution in [0.15, 0.2) is 0 Å². The summed E-state index contributed by atoms with van der Waals surface area (Å²) in [6.45, 7) is 11.6. The molecule has 1 aliphatic carbocycles. The average molecular weight is 281 g/mol. The van der Waals surface area contributed by atoms with E-state index in [9.17, 15) is 9.59 Å². The van der Waals surface area contributed by atoms with Crippen LogP contribution >= 0.6 is 0 Å². The summed E-state index contributed by atoms with van der Waals surface area (Å²) in [5, 5.41) is 2.93. The number of nitrogens with zero attached hydrogens (tertiary/aromatic N) is 2. The van der Waals surface area contributed by atoms with E-state index in [-0.39, 0.29) is 23.7 Å². The summed E-state index contributed by atoms with van der Waals surface area (Å²) in [4.78, 5) is 28.5. The Bertz CT molecular complexity index is 362. The van der Waals surface area contributed by atoms with Crippen LogP contribution in [0.3, 0.4) is 0 Å². The lowest BCUT2D eigenvalue weighted by atomic mass is 10.2. The maximum absolute atomic E-state index is 12.3. The molecule has 2 atom stereocenters. The molecule has 114 valence electrons. The van der Waals surface area contributed by atoms with E-state index in [0.29, 0.717) is 12.5 Å². The standard InChI is InChI=1S/C15H27N3O2/c1-4-17-5-7-18(8-6-17)15(20)13-9-12(13)14(19)16-10-11(2)3/h11-13H,4-10H2,1-3H3,(H,16,19). The maximum Gasteiger partial charge on any atom is 0.226 e. The van der Waals surface area contributed by atoms with Gasteiger partial charge in [-0.3, -0.25) is 9.59 Å². The minimum Gasteiger partial charge on any atom is -0.356 e. The first kappa shape index (κ1) is 15.3. The van der Waals surface area contributed by atoms with Crippen LogP contribution in [0.1, 0.15) is 27.2 Å². The van der Waals surface area contributed by atoms with Gasteiger partial charge in [-0.2, -0.15) is 0 Å². The topological polar surface area (TPSA) is 52.7 Å². The number of hydrogen-bond donors (Lipinski definition) is 1. The smallest absolute Gasteiger partial charge is 0.226 e. The van der Waals surface area contributed by atoms with E-state index in [1.807, 2.05) is 4.90 Å². The van der Waals surface area contributed by atoms with E-state index >= 15 is 0 Å². The molecule has 1 heterocycles. The van der Waals surface area contributed by atoms with Crippen LogP contribution in [-0.2, 0) is 9.59 Å². The molecule has 1 aliphatic heterocycles. The number of carbonyl (C=O) groups excluding carboxylic acids is 2. The highest BCUT2D eigenvalue weighted by Crippen LogP contribution is 2.40. The van der Waals surface area contributed by atoms with E-state index in [1.165, 1.54) is 0 Å². The van der Waals surface area contributed by atoms with Crippen LogP contribution < -0.4 is 5.32 Å². The highest BCUT2D eigenvalue weighted by Gasteiger charge is 2.49. The third-order valence-corrected chi connectivity index (χ3v) is 4.26.